The normalized spacial score (nSPS) is 19.8. The highest BCUT2D eigenvalue weighted by molar-refractivity contribution is 6.01. The zero-order valence-electron chi connectivity index (χ0n) is 18.1. The number of hydrogen-bond donors (Lipinski definition) is 1. The largest absolute Gasteiger partial charge is 0.493 e. The van der Waals surface area contributed by atoms with Gasteiger partial charge >= 0.3 is 0 Å². The lowest BCUT2D eigenvalue weighted by Gasteiger charge is -2.34. The fourth-order valence-corrected chi connectivity index (χ4v) is 4.80. The van der Waals surface area contributed by atoms with Gasteiger partial charge in [0.2, 0.25) is 5.88 Å². The topological polar surface area (TPSA) is 73.6 Å². The van der Waals surface area contributed by atoms with Crippen molar-refractivity contribution in [1.29, 1.82) is 0 Å². The quantitative estimate of drug-likeness (QED) is 0.616. The lowest BCUT2D eigenvalue weighted by atomic mass is 9.72. The number of ketones is 1. The number of ether oxygens (including phenoxy) is 2. The summed E-state index contributed by atoms with van der Waals surface area (Å²) < 4.78 is 29.9. The SMILES string of the molecule is COc1ccc(C2CC(=O)C3=C(C2)Nc2onc(C)c2C3c2ccc(F)cc2)cc1OC. The van der Waals surface area contributed by atoms with Gasteiger partial charge in [-0.25, -0.2) is 4.39 Å². The fourth-order valence-electron chi connectivity index (χ4n) is 4.80. The smallest absolute Gasteiger partial charge is 0.233 e. The van der Waals surface area contributed by atoms with Crippen molar-refractivity contribution in [3.05, 3.63) is 81.9 Å². The molecule has 0 radical (unpaired) electrons. The number of rotatable bonds is 4. The summed E-state index contributed by atoms with van der Waals surface area (Å²) in [6.07, 6.45) is 1.00. The Hall–Kier alpha value is -3.61. The van der Waals surface area contributed by atoms with Crippen LogP contribution in [-0.4, -0.2) is 25.2 Å². The molecule has 3 aromatic rings. The van der Waals surface area contributed by atoms with E-state index in [2.05, 4.69) is 10.5 Å². The van der Waals surface area contributed by atoms with Crippen molar-refractivity contribution in [1.82, 2.24) is 5.16 Å². The molecule has 0 amide bonds. The van der Waals surface area contributed by atoms with E-state index in [1.807, 2.05) is 25.1 Å². The van der Waals surface area contributed by atoms with Crippen molar-refractivity contribution in [3.63, 3.8) is 0 Å². The van der Waals surface area contributed by atoms with Crippen LogP contribution >= 0.6 is 0 Å². The monoisotopic (exact) mass is 434 g/mol. The second kappa shape index (κ2) is 7.82. The Kier molecular flexibility index (Phi) is 4.96. The summed E-state index contributed by atoms with van der Waals surface area (Å²) in [6, 6.07) is 12.0. The number of carbonyl (C=O) groups excluding carboxylic acids is 1. The minimum atomic E-state index is -0.341. The number of Topliss-reactive ketones (excluding diaryl/α,β-unsaturated/α-hetero) is 1. The van der Waals surface area contributed by atoms with E-state index in [4.69, 9.17) is 14.0 Å². The number of halogens is 1. The second-order valence-corrected chi connectivity index (χ2v) is 8.16. The number of carbonyl (C=O) groups is 1. The molecule has 0 saturated carbocycles. The highest BCUT2D eigenvalue weighted by Crippen LogP contribution is 2.49. The van der Waals surface area contributed by atoms with Gasteiger partial charge in [-0.2, -0.15) is 0 Å². The molecule has 1 aliphatic heterocycles. The number of fused-ring (bicyclic) bond motifs is 1. The Bertz CT molecular complexity index is 1230. The van der Waals surface area contributed by atoms with Crippen LogP contribution in [0.25, 0.3) is 0 Å². The molecule has 0 saturated heterocycles. The van der Waals surface area contributed by atoms with Gasteiger partial charge in [0.15, 0.2) is 17.3 Å². The summed E-state index contributed by atoms with van der Waals surface area (Å²) in [5.74, 6) is 1.19. The molecule has 1 aromatic heterocycles. The summed E-state index contributed by atoms with van der Waals surface area (Å²) in [7, 11) is 3.19. The zero-order chi connectivity index (χ0) is 22.4. The van der Waals surface area contributed by atoms with Gasteiger partial charge in [-0.1, -0.05) is 23.4 Å². The molecule has 5 rings (SSSR count). The van der Waals surface area contributed by atoms with Crippen molar-refractivity contribution in [2.75, 3.05) is 19.5 Å². The molecular weight excluding hydrogens is 411 g/mol. The Morgan fingerprint density at radius 2 is 1.75 bits per heavy atom. The maximum absolute atomic E-state index is 13.6. The molecule has 2 aromatic carbocycles. The van der Waals surface area contributed by atoms with E-state index >= 15 is 0 Å². The summed E-state index contributed by atoms with van der Waals surface area (Å²) in [5, 5.41) is 7.43. The van der Waals surface area contributed by atoms with Crippen LogP contribution < -0.4 is 14.8 Å². The van der Waals surface area contributed by atoms with E-state index in [-0.39, 0.29) is 23.4 Å². The number of hydrogen-bond acceptors (Lipinski definition) is 6. The summed E-state index contributed by atoms with van der Waals surface area (Å²) in [4.78, 5) is 13.5. The molecule has 1 aliphatic carbocycles. The van der Waals surface area contributed by atoms with Crippen molar-refractivity contribution in [2.45, 2.75) is 31.6 Å². The van der Waals surface area contributed by atoms with Crippen LogP contribution in [0.1, 0.15) is 47.1 Å². The van der Waals surface area contributed by atoms with Gasteiger partial charge in [-0.15, -0.1) is 0 Å². The first-order chi connectivity index (χ1) is 15.5. The molecule has 2 heterocycles. The first-order valence-electron chi connectivity index (χ1n) is 10.5. The molecule has 0 fully saturated rings. The maximum Gasteiger partial charge on any atom is 0.233 e. The number of aromatic nitrogens is 1. The molecule has 2 atom stereocenters. The van der Waals surface area contributed by atoms with Crippen molar-refractivity contribution in [3.8, 4) is 11.5 Å². The van der Waals surface area contributed by atoms with Gasteiger partial charge in [-0.05, 0) is 54.7 Å². The molecule has 164 valence electrons. The Balaban J connectivity index is 1.57. The van der Waals surface area contributed by atoms with Crippen LogP contribution in [-0.2, 0) is 4.79 Å². The molecule has 2 unspecified atom stereocenters. The minimum absolute atomic E-state index is 0.0204. The number of benzene rings is 2. The predicted molar refractivity (Wildman–Crippen MR) is 117 cm³/mol. The van der Waals surface area contributed by atoms with Gasteiger partial charge in [0.05, 0.1) is 25.5 Å². The van der Waals surface area contributed by atoms with Gasteiger partial charge in [0, 0.05) is 23.6 Å². The van der Waals surface area contributed by atoms with Gasteiger partial charge in [-0.3, -0.25) is 4.79 Å². The second-order valence-electron chi connectivity index (χ2n) is 8.16. The van der Waals surface area contributed by atoms with Crippen molar-refractivity contribution >= 4 is 11.7 Å². The summed E-state index contributed by atoms with van der Waals surface area (Å²) in [5.41, 5.74) is 4.90. The molecule has 1 N–H and O–H groups in total. The molecule has 0 bridgehead atoms. The van der Waals surface area contributed by atoms with Gasteiger partial charge < -0.3 is 19.3 Å². The zero-order valence-corrected chi connectivity index (χ0v) is 18.1. The minimum Gasteiger partial charge on any atom is -0.493 e. The average molecular weight is 434 g/mol. The van der Waals surface area contributed by atoms with E-state index in [9.17, 15) is 9.18 Å². The third kappa shape index (κ3) is 3.25. The lowest BCUT2D eigenvalue weighted by molar-refractivity contribution is -0.116. The van der Waals surface area contributed by atoms with E-state index in [1.165, 1.54) is 12.1 Å². The van der Waals surface area contributed by atoms with Crippen LogP contribution in [0, 0.1) is 12.7 Å². The highest BCUT2D eigenvalue weighted by atomic mass is 19.1. The highest BCUT2D eigenvalue weighted by Gasteiger charge is 2.41. The standard InChI is InChI=1S/C25H23FN2O4/c1-13-22-23(14-4-7-17(26)8-5-14)24-18(27-25(22)32-28-13)10-16(11-19(24)29)15-6-9-20(30-2)21(12-15)31-3/h4-9,12,16,23,27H,10-11H2,1-3H3. The molecular formula is C25H23FN2O4. The van der Waals surface area contributed by atoms with Crippen LogP contribution in [0.15, 0.2) is 58.3 Å². The predicted octanol–water partition coefficient (Wildman–Crippen LogP) is 5.10. The van der Waals surface area contributed by atoms with Crippen LogP contribution in [0.2, 0.25) is 0 Å². The third-order valence-corrected chi connectivity index (χ3v) is 6.34. The number of anilines is 1. The number of nitrogens with zero attached hydrogens (tertiary/aromatic N) is 1. The maximum atomic E-state index is 13.6. The Labute approximate surface area is 185 Å². The molecule has 7 heteroatoms. The lowest BCUT2D eigenvalue weighted by Crippen LogP contribution is -2.29. The summed E-state index contributed by atoms with van der Waals surface area (Å²) in [6.45, 7) is 1.85. The first-order valence-corrected chi connectivity index (χ1v) is 10.5. The Morgan fingerprint density at radius 3 is 2.47 bits per heavy atom. The summed E-state index contributed by atoms with van der Waals surface area (Å²) >= 11 is 0. The number of allylic oxidation sites excluding steroid dienone is 2. The average Bonchev–Trinajstić information content (AvgIpc) is 3.18. The molecule has 6 nitrogen and oxygen atoms in total. The van der Waals surface area contributed by atoms with Crippen molar-refractivity contribution < 1.29 is 23.2 Å². The van der Waals surface area contributed by atoms with E-state index in [0.29, 0.717) is 41.5 Å². The number of methoxy groups -OCH3 is 2. The van der Waals surface area contributed by atoms with Crippen LogP contribution in [0.5, 0.6) is 11.5 Å². The van der Waals surface area contributed by atoms with Crippen molar-refractivity contribution in [2.24, 2.45) is 0 Å². The van der Waals surface area contributed by atoms with E-state index < -0.39 is 0 Å². The molecule has 32 heavy (non-hydrogen) atoms. The van der Waals surface area contributed by atoms with Gasteiger partial charge in [0.25, 0.3) is 0 Å². The molecule has 2 aliphatic rings. The molecule has 0 spiro atoms. The van der Waals surface area contributed by atoms with E-state index in [0.717, 1.165) is 22.4 Å². The first kappa shape index (κ1) is 20.3. The fraction of sp³-hybridized carbons (Fsp3) is 0.280. The third-order valence-electron chi connectivity index (χ3n) is 6.34. The van der Waals surface area contributed by atoms with Crippen LogP contribution in [0.3, 0.4) is 0 Å². The number of nitrogens with one attached hydrogen (secondary N) is 1. The Morgan fingerprint density at radius 1 is 1.03 bits per heavy atom. The van der Waals surface area contributed by atoms with Crippen LogP contribution in [0.4, 0.5) is 10.3 Å². The number of aryl methyl sites for hydroxylation is 1. The van der Waals surface area contributed by atoms with E-state index in [1.54, 1.807) is 26.4 Å². The van der Waals surface area contributed by atoms with Gasteiger partial charge in [0.1, 0.15) is 5.82 Å².